The second-order valence-corrected chi connectivity index (χ2v) is 5.80. The number of benzene rings is 1. The standard InChI is InChI=1S/C15H20N2O/c1-15(2,3)9-14(18)17(4)11-13-7-5-6-12(8-13)10-16/h5-8H,9,11H2,1-4H3. The molecule has 18 heavy (non-hydrogen) atoms. The van der Waals surface area contributed by atoms with Gasteiger partial charge in [-0.25, -0.2) is 0 Å². The van der Waals surface area contributed by atoms with Crippen LogP contribution in [0.5, 0.6) is 0 Å². The first-order chi connectivity index (χ1) is 8.31. The molecule has 0 aliphatic carbocycles. The van der Waals surface area contributed by atoms with E-state index < -0.39 is 0 Å². The highest BCUT2D eigenvalue weighted by atomic mass is 16.2. The maximum Gasteiger partial charge on any atom is 0.223 e. The SMILES string of the molecule is CN(Cc1cccc(C#N)c1)C(=O)CC(C)(C)C. The Balaban J connectivity index is 2.67. The van der Waals surface area contributed by atoms with Gasteiger partial charge in [-0.3, -0.25) is 4.79 Å². The van der Waals surface area contributed by atoms with Gasteiger partial charge >= 0.3 is 0 Å². The second-order valence-electron chi connectivity index (χ2n) is 5.80. The predicted octanol–water partition coefficient (Wildman–Crippen LogP) is 2.95. The van der Waals surface area contributed by atoms with Crippen LogP contribution in [0.15, 0.2) is 24.3 Å². The highest BCUT2D eigenvalue weighted by Gasteiger charge is 2.18. The predicted molar refractivity (Wildman–Crippen MR) is 71.7 cm³/mol. The van der Waals surface area contributed by atoms with Crippen LogP contribution in [0.3, 0.4) is 0 Å². The van der Waals surface area contributed by atoms with Crippen molar-refractivity contribution < 1.29 is 4.79 Å². The van der Waals surface area contributed by atoms with Gasteiger partial charge in [0, 0.05) is 20.0 Å². The number of nitrogens with zero attached hydrogens (tertiary/aromatic N) is 2. The first-order valence-electron chi connectivity index (χ1n) is 6.05. The topological polar surface area (TPSA) is 44.1 Å². The number of rotatable bonds is 3. The summed E-state index contributed by atoms with van der Waals surface area (Å²) in [7, 11) is 1.80. The molecular formula is C15H20N2O. The maximum absolute atomic E-state index is 12.0. The van der Waals surface area contributed by atoms with Crippen LogP contribution in [0.1, 0.15) is 38.3 Å². The molecule has 0 radical (unpaired) electrons. The molecule has 3 nitrogen and oxygen atoms in total. The van der Waals surface area contributed by atoms with Gasteiger partial charge in [0.2, 0.25) is 5.91 Å². The van der Waals surface area contributed by atoms with Crippen LogP contribution in [0.2, 0.25) is 0 Å². The molecule has 0 saturated heterocycles. The molecular weight excluding hydrogens is 224 g/mol. The molecule has 0 N–H and O–H groups in total. The fourth-order valence-corrected chi connectivity index (χ4v) is 1.69. The van der Waals surface area contributed by atoms with Crippen LogP contribution in [0, 0.1) is 16.7 Å². The Morgan fingerprint density at radius 2 is 2.06 bits per heavy atom. The van der Waals surface area contributed by atoms with Gasteiger partial charge in [0.1, 0.15) is 0 Å². The van der Waals surface area contributed by atoms with Crippen molar-refractivity contribution in [2.75, 3.05) is 7.05 Å². The summed E-state index contributed by atoms with van der Waals surface area (Å²) in [4.78, 5) is 13.7. The summed E-state index contributed by atoms with van der Waals surface area (Å²) < 4.78 is 0. The van der Waals surface area contributed by atoms with Gasteiger partial charge in [-0.2, -0.15) is 5.26 Å². The van der Waals surface area contributed by atoms with Gasteiger partial charge in [0.25, 0.3) is 0 Å². The lowest BCUT2D eigenvalue weighted by atomic mass is 9.91. The molecule has 0 atom stereocenters. The lowest BCUT2D eigenvalue weighted by Crippen LogP contribution is -2.29. The molecule has 0 unspecified atom stereocenters. The Bertz CT molecular complexity index is 466. The monoisotopic (exact) mass is 244 g/mol. The van der Waals surface area contributed by atoms with E-state index >= 15 is 0 Å². The smallest absolute Gasteiger partial charge is 0.223 e. The molecule has 96 valence electrons. The molecule has 0 aliphatic heterocycles. The molecule has 0 aliphatic rings. The van der Waals surface area contributed by atoms with E-state index in [0.717, 1.165) is 5.56 Å². The third-order valence-corrected chi connectivity index (χ3v) is 2.58. The Morgan fingerprint density at radius 1 is 1.39 bits per heavy atom. The molecule has 0 bridgehead atoms. The van der Waals surface area contributed by atoms with Crippen molar-refractivity contribution in [3.63, 3.8) is 0 Å². The fraction of sp³-hybridized carbons (Fsp3) is 0.467. The molecule has 1 aromatic carbocycles. The Labute approximate surface area is 109 Å². The average Bonchev–Trinajstić information content (AvgIpc) is 2.27. The molecule has 1 amide bonds. The Kier molecular flexibility index (Phi) is 4.49. The van der Waals surface area contributed by atoms with Crippen LogP contribution in [0.25, 0.3) is 0 Å². The number of nitriles is 1. The van der Waals surface area contributed by atoms with Crippen LogP contribution >= 0.6 is 0 Å². The zero-order valence-electron chi connectivity index (χ0n) is 11.5. The zero-order chi connectivity index (χ0) is 13.8. The summed E-state index contributed by atoms with van der Waals surface area (Å²) in [6, 6.07) is 9.46. The molecule has 0 fully saturated rings. The van der Waals surface area contributed by atoms with E-state index in [1.807, 2.05) is 18.2 Å². The molecule has 0 heterocycles. The first kappa shape index (κ1) is 14.2. The maximum atomic E-state index is 12.0. The minimum atomic E-state index is -0.000153. The van der Waals surface area contributed by atoms with E-state index in [1.54, 1.807) is 18.0 Å². The van der Waals surface area contributed by atoms with Crippen molar-refractivity contribution >= 4 is 5.91 Å². The lowest BCUT2D eigenvalue weighted by Gasteiger charge is -2.23. The summed E-state index contributed by atoms with van der Waals surface area (Å²) in [5, 5.41) is 8.83. The summed E-state index contributed by atoms with van der Waals surface area (Å²) in [6.07, 6.45) is 0.529. The summed E-state index contributed by atoms with van der Waals surface area (Å²) in [5.74, 6) is 0.130. The second kappa shape index (κ2) is 5.68. The minimum absolute atomic E-state index is 0.000153. The van der Waals surface area contributed by atoms with Gasteiger partial charge in [-0.1, -0.05) is 32.9 Å². The molecule has 1 rings (SSSR count). The van der Waals surface area contributed by atoms with E-state index in [9.17, 15) is 4.79 Å². The third kappa shape index (κ3) is 4.58. The van der Waals surface area contributed by atoms with E-state index in [-0.39, 0.29) is 11.3 Å². The molecule has 0 saturated carbocycles. The van der Waals surface area contributed by atoms with Crippen molar-refractivity contribution in [2.24, 2.45) is 5.41 Å². The van der Waals surface area contributed by atoms with E-state index in [4.69, 9.17) is 5.26 Å². The average molecular weight is 244 g/mol. The molecule has 3 heteroatoms. The third-order valence-electron chi connectivity index (χ3n) is 2.58. The van der Waals surface area contributed by atoms with E-state index in [0.29, 0.717) is 18.5 Å². The Morgan fingerprint density at radius 3 is 2.61 bits per heavy atom. The summed E-state index contributed by atoms with van der Waals surface area (Å²) in [5.41, 5.74) is 1.61. The van der Waals surface area contributed by atoms with Crippen LogP contribution in [0.4, 0.5) is 0 Å². The van der Waals surface area contributed by atoms with Crippen LogP contribution in [-0.4, -0.2) is 17.9 Å². The van der Waals surface area contributed by atoms with E-state index in [1.165, 1.54) is 0 Å². The Hall–Kier alpha value is -1.82. The van der Waals surface area contributed by atoms with Crippen molar-refractivity contribution in [1.82, 2.24) is 4.90 Å². The fourth-order valence-electron chi connectivity index (χ4n) is 1.69. The summed E-state index contributed by atoms with van der Waals surface area (Å²) >= 11 is 0. The summed E-state index contributed by atoms with van der Waals surface area (Å²) in [6.45, 7) is 6.70. The molecule has 0 aromatic heterocycles. The van der Waals surface area contributed by atoms with Gasteiger partial charge in [0.05, 0.1) is 11.6 Å². The largest absolute Gasteiger partial charge is 0.341 e. The highest BCUT2D eigenvalue weighted by Crippen LogP contribution is 2.20. The van der Waals surface area contributed by atoms with Crippen molar-refractivity contribution in [2.45, 2.75) is 33.7 Å². The lowest BCUT2D eigenvalue weighted by molar-refractivity contribution is -0.132. The molecule has 0 spiro atoms. The van der Waals surface area contributed by atoms with Crippen LogP contribution in [-0.2, 0) is 11.3 Å². The van der Waals surface area contributed by atoms with Crippen LogP contribution < -0.4 is 0 Å². The van der Waals surface area contributed by atoms with Gasteiger partial charge in [-0.05, 0) is 23.1 Å². The van der Waals surface area contributed by atoms with Crippen molar-refractivity contribution in [3.05, 3.63) is 35.4 Å². The van der Waals surface area contributed by atoms with Crippen molar-refractivity contribution in [1.29, 1.82) is 5.26 Å². The number of hydrogen-bond acceptors (Lipinski definition) is 2. The van der Waals surface area contributed by atoms with E-state index in [2.05, 4.69) is 26.8 Å². The van der Waals surface area contributed by atoms with Gasteiger partial charge < -0.3 is 4.90 Å². The number of carbonyl (C=O) groups excluding carboxylic acids is 1. The number of amides is 1. The van der Waals surface area contributed by atoms with Crippen molar-refractivity contribution in [3.8, 4) is 6.07 Å². The van der Waals surface area contributed by atoms with Gasteiger partial charge in [-0.15, -0.1) is 0 Å². The highest BCUT2D eigenvalue weighted by molar-refractivity contribution is 5.76. The normalized spacial score (nSPS) is 10.8. The number of carbonyl (C=O) groups is 1. The number of hydrogen-bond donors (Lipinski definition) is 0. The molecule has 1 aromatic rings. The zero-order valence-corrected chi connectivity index (χ0v) is 11.5. The minimum Gasteiger partial charge on any atom is -0.341 e. The van der Waals surface area contributed by atoms with Gasteiger partial charge in [0.15, 0.2) is 0 Å². The first-order valence-corrected chi connectivity index (χ1v) is 6.05. The quantitative estimate of drug-likeness (QED) is 0.820.